The first kappa shape index (κ1) is 14.8. The van der Waals surface area contributed by atoms with Crippen LogP contribution in [0.1, 0.15) is 33.6 Å². The molecule has 0 saturated heterocycles. The number of alkyl halides is 4. The Labute approximate surface area is 105 Å². The zero-order chi connectivity index (χ0) is 11.6. The molecule has 14 heavy (non-hydrogen) atoms. The highest BCUT2D eigenvalue weighted by molar-refractivity contribution is 6.67. The predicted octanol–water partition coefficient (Wildman–Crippen LogP) is 4.36. The number of carbonyl (C=O) groups excluding carboxylic acids is 1. The van der Waals surface area contributed by atoms with Crippen molar-refractivity contribution < 1.29 is 4.79 Å². The lowest BCUT2D eigenvalue weighted by atomic mass is 9.83. The van der Waals surface area contributed by atoms with Gasteiger partial charge in [-0.1, -0.05) is 48.7 Å². The van der Waals surface area contributed by atoms with Gasteiger partial charge in [-0.05, 0) is 12.3 Å². The third-order valence-electron chi connectivity index (χ3n) is 1.96. The summed E-state index contributed by atoms with van der Waals surface area (Å²) in [5.74, 6) is 0.0879. The third kappa shape index (κ3) is 6.34. The molecule has 84 valence electrons. The lowest BCUT2D eigenvalue weighted by Crippen LogP contribution is -2.30. The Morgan fingerprint density at radius 3 is 2.00 bits per heavy atom. The molecule has 0 spiro atoms. The standard InChI is InChI=1S/C9H14Cl4O/c1-6(14)4-8(2,3)7(10)5-9(11,12)13/h7H,4-5H2,1-3H3. The fraction of sp³-hybridized carbons (Fsp3) is 0.889. The van der Waals surface area contributed by atoms with Crippen molar-refractivity contribution in [2.24, 2.45) is 5.41 Å². The van der Waals surface area contributed by atoms with E-state index >= 15 is 0 Å². The Morgan fingerprint density at radius 2 is 1.71 bits per heavy atom. The van der Waals surface area contributed by atoms with Gasteiger partial charge in [0.1, 0.15) is 5.78 Å². The summed E-state index contributed by atoms with van der Waals surface area (Å²) >= 11 is 23.0. The second-order valence-electron chi connectivity index (χ2n) is 4.15. The lowest BCUT2D eigenvalue weighted by molar-refractivity contribution is -0.118. The Bertz CT molecular complexity index is 207. The van der Waals surface area contributed by atoms with Gasteiger partial charge in [0.15, 0.2) is 3.79 Å². The van der Waals surface area contributed by atoms with Gasteiger partial charge in [0, 0.05) is 18.2 Å². The number of hydrogen-bond donors (Lipinski definition) is 0. The zero-order valence-electron chi connectivity index (χ0n) is 8.41. The molecular formula is C9H14Cl4O. The summed E-state index contributed by atoms with van der Waals surface area (Å²) < 4.78 is -1.36. The predicted molar refractivity (Wildman–Crippen MR) is 63.6 cm³/mol. The maximum atomic E-state index is 11.0. The smallest absolute Gasteiger partial charge is 0.192 e. The molecule has 0 amide bonds. The number of Topliss-reactive ketones (excluding diaryl/α,β-unsaturated/α-hetero) is 1. The van der Waals surface area contributed by atoms with E-state index in [1.54, 1.807) is 0 Å². The van der Waals surface area contributed by atoms with Crippen LogP contribution >= 0.6 is 46.4 Å². The molecule has 0 aromatic carbocycles. The summed E-state index contributed by atoms with van der Waals surface area (Å²) in [6, 6.07) is 0. The highest BCUT2D eigenvalue weighted by Crippen LogP contribution is 2.40. The van der Waals surface area contributed by atoms with Crippen molar-refractivity contribution in [2.75, 3.05) is 0 Å². The fourth-order valence-corrected chi connectivity index (χ4v) is 2.24. The van der Waals surface area contributed by atoms with Gasteiger partial charge in [0.2, 0.25) is 0 Å². The molecule has 0 bridgehead atoms. The van der Waals surface area contributed by atoms with Crippen LogP contribution in [-0.4, -0.2) is 15.0 Å². The minimum absolute atomic E-state index is 0.0879. The molecule has 0 heterocycles. The number of hydrogen-bond acceptors (Lipinski definition) is 1. The van der Waals surface area contributed by atoms with Crippen LogP contribution in [0.3, 0.4) is 0 Å². The molecule has 1 atom stereocenters. The molecule has 0 aromatic heterocycles. The first-order chi connectivity index (χ1) is 6.04. The summed E-state index contributed by atoms with van der Waals surface area (Å²) in [5, 5.41) is -0.334. The number of carbonyl (C=O) groups is 1. The molecule has 0 N–H and O–H groups in total. The lowest BCUT2D eigenvalue weighted by Gasteiger charge is -2.31. The van der Waals surface area contributed by atoms with Crippen LogP contribution in [0.25, 0.3) is 0 Å². The Hall–Kier alpha value is 0.830. The van der Waals surface area contributed by atoms with E-state index in [1.165, 1.54) is 6.92 Å². The Balaban J connectivity index is 4.35. The van der Waals surface area contributed by atoms with Gasteiger partial charge in [-0.2, -0.15) is 0 Å². The average molecular weight is 280 g/mol. The van der Waals surface area contributed by atoms with E-state index in [9.17, 15) is 4.79 Å². The van der Waals surface area contributed by atoms with E-state index in [1.807, 2.05) is 13.8 Å². The first-order valence-corrected chi connectivity index (χ1v) is 5.82. The van der Waals surface area contributed by atoms with Gasteiger partial charge in [0.05, 0.1) is 0 Å². The minimum Gasteiger partial charge on any atom is -0.300 e. The molecule has 0 aliphatic carbocycles. The van der Waals surface area contributed by atoms with Crippen LogP contribution in [0.5, 0.6) is 0 Å². The van der Waals surface area contributed by atoms with Crippen molar-refractivity contribution in [3.05, 3.63) is 0 Å². The van der Waals surface area contributed by atoms with Gasteiger partial charge >= 0.3 is 0 Å². The van der Waals surface area contributed by atoms with Crippen LogP contribution in [0, 0.1) is 5.41 Å². The molecule has 0 saturated carbocycles. The van der Waals surface area contributed by atoms with E-state index < -0.39 is 3.79 Å². The van der Waals surface area contributed by atoms with Gasteiger partial charge in [-0.15, -0.1) is 11.6 Å². The third-order valence-corrected chi connectivity index (χ3v) is 3.17. The normalized spacial score (nSPS) is 15.4. The monoisotopic (exact) mass is 278 g/mol. The van der Waals surface area contributed by atoms with Gasteiger partial charge in [-0.25, -0.2) is 0 Å². The topological polar surface area (TPSA) is 17.1 Å². The summed E-state index contributed by atoms with van der Waals surface area (Å²) in [6.45, 7) is 5.31. The molecular weight excluding hydrogens is 266 g/mol. The quantitative estimate of drug-likeness (QED) is 0.699. The van der Waals surface area contributed by atoms with E-state index in [-0.39, 0.29) is 23.0 Å². The van der Waals surface area contributed by atoms with Crippen LogP contribution in [0.2, 0.25) is 0 Å². The number of halogens is 4. The molecule has 0 aromatic rings. The summed E-state index contributed by atoms with van der Waals surface area (Å²) in [4.78, 5) is 11.0. The molecule has 0 aliphatic rings. The van der Waals surface area contributed by atoms with Crippen molar-refractivity contribution >= 4 is 52.2 Å². The Kier molecular flexibility index (Phi) is 5.56. The second kappa shape index (κ2) is 5.25. The van der Waals surface area contributed by atoms with Gasteiger partial charge in [-0.3, -0.25) is 0 Å². The highest BCUT2D eigenvalue weighted by Gasteiger charge is 2.35. The summed E-state index contributed by atoms with van der Waals surface area (Å²) in [6.07, 6.45) is 0.626. The van der Waals surface area contributed by atoms with Crippen molar-refractivity contribution in [3.8, 4) is 0 Å². The molecule has 0 fully saturated rings. The molecule has 0 rings (SSSR count). The van der Waals surface area contributed by atoms with E-state index in [4.69, 9.17) is 46.4 Å². The molecule has 1 nitrogen and oxygen atoms in total. The van der Waals surface area contributed by atoms with Gasteiger partial charge < -0.3 is 4.79 Å². The maximum Gasteiger partial charge on any atom is 0.192 e. The van der Waals surface area contributed by atoms with Crippen LogP contribution in [-0.2, 0) is 4.79 Å². The van der Waals surface area contributed by atoms with Crippen molar-refractivity contribution in [3.63, 3.8) is 0 Å². The Morgan fingerprint density at radius 1 is 1.29 bits per heavy atom. The van der Waals surface area contributed by atoms with Gasteiger partial charge in [0.25, 0.3) is 0 Å². The fourth-order valence-electron chi connectivity index (χ4n) is 1.23. The van der Waals surface area contributed by atoms with Crippen LogP contribution < -0.4 is 0 Å². The van der Waals surface area contributed by atoms with Crippen LogP contribution in [0.4, 0.5) is 0 Å². The largest absolute Gasteiger partial charge is 0.300 e. The van der Waals surface area contributed by atoms with Crippen molar-refractivity contribution in [1.82, 2.24) is 0 Å². The summed E-state index contributed by atoms with van der Waals surface area (Å²) in [5.41, 5.74) is -0.350. The SMILES string of the molecule is CC(=O)CC(C)(C)C(Cl)CC(Cl)(Cl)Cl. The van der Waals surface area contributed by atoms with Crippen LogP contribution in [0.15, 0.2) is 0 Å². The average Bonchev–Trinajstić information content (AvgIpc) is 1.79. The molecule has 0 aliphatic heterocycles. The molecule has 5 heteroatoms. The van der Waals surface area contributed by atoms with E-state index in [0.717, 1.165) is 0 Å². The molecule has 0 radical (unpaired) electrons. The maximum absolute atomic E-state index is 11.0. The van der Waals surface area contributed by atoms with E-state index in [2.05, 4.69) is 0 Å². The molecule has 1 unspecified atom stereocenters. The second-order valence-corrected chi connectivity index (χ2v) is 7.20. The van der Waals surface area contributed by atoms with Crippen molar-refractivity contribution in [1.29, 1.82) is 0 Å². The zero-order valence-corrected chi connectivity index (χ0v) is 11.4. The number of rotatable bonds is 4. The number of ketones is 1. The van der Waals surface area contributed by atoms with Crippen molar-refractivity contribution in [2.45, 2.75) is 42.8 Å². The summed E-state index contributed by atoms with van der Waals surface area (Å²) in [7, 11) is 0. The first-order valence-electron chi connectivity index (χ1n) is 4.25. The highest BCUT2D eigenvalue weighted by atomic mass is 35.6. The van der Waals surface area contributed by atoms with E-state index in [0.29, 0.717) is 6.42 Å². The minimum atomic E-state index is -1.36.